The number of nitrogens with one attached hydrogen (secondary N) is 2. The van der Waals surface area contributed by atoms with E-state index < -0.39 is 0 Å². The molecule has 0 radical (unpaired) electrons. The quantitative estimate of drug-likeness (QED) is 0.841. The van der Waals surface area contributed by atoms with E-state index in [4.69, 9.17) is 11.6 Å². The number of pyridine rings is 1. The number of amides is 1. The number of hydrogen-bond acceptors (Lipinski definition) is 4. The number of carbonyl (C=O) groups excluding carboxylic acids is 1. The zero-order valence-electron chi connectivity index (χ0n) is 16.4. The number of anilines is 1. The van der Waals surface area contributed by atoms with Crippen LogP contribution in [0.2, 0.25) is 5.02 Å². The molecule has 0 aliphatic carbocycles. The predicted molar refractivity (Wildman–Crippen MR) is 111 cm³/mol. The average Bonchev–Trinajstić information content (AvgIpc) is 2.61. The Bertz CT molecular complexity index is 852. The molecule has 0 unspecified atom stereocenters. The second-order valence-electron chi connectivity index (χ2n) is 7.41. The van der Waals surface area contributed by atoms with Gasteiger partial charge in [-0.25, -0.2) is 0 Å². The zero-order valence-corrected chi connectivity index (χ0v) is 17.2. The maximum atomic E-state index is 12.7. The maximum absolute atomic E-state index is 12.7. The standard InChI is InChI=1S/C21H27ClN4O/c1-13-7-17(10-24-16(13)4)21(27)25-20-9-19(22)8-18(15(20)3)12-26-6-5-23-14(2)11-26/h7-10,14,23H,5-6,11-12H2,1-4H3,(H,25,27)/t14-/m0/s1. The minimum atomic E-state index is -0.169. The molecule has 2 heterocycles. The number of carbonyl (C=O) groups is 1. The molecule has 1 aliphatic rings. The highest BCUT2D eigenvalue weighted by atomic mass is 35.5. The van der Waals surface area contributed by atoms with Gasteiger partial charge in [0, 0.05) is 54.8 Å². The van der Waals surface area contributed by atoms with Gasteiger partial charge in [-0.2, -0.15) is 0 Å². The molecule has 1 aliphatic heterocycles. The van der Waals surface area contributed by atoms with Gasteiger partial charge in [0.05, 0.1) is 5.56 Å². The summed E-state index contributed by atoms with van der Waals surface area (Å²) in [5.74, 6) is -0.169. The Balaban J connectivity index is 1.80. The van der Waals surface area contributed by atoms with Gasteiger partial charge in [0.1, 0.15) is 0 Å². The Labute approximate surface area is 166 Å². The summed E-state index contributed by atoms with van der Waals surface area (Å²) in [4.78, 5) is 19.4. The first-order chi connectivity index (χ1) is 12.8. The number of aromatic nitrogens is 1. The summed E-state index contributed by atoms with van der Waals surface area (Å²) in [6.07, 6.45) is 1.61. The Morgan fingerprint density at radius 2 is 2.11 bits per heavy atom. The molecule has 0 saturated carbocycles. The van der Waals surface area contributed by atoms with Crippen molar-refractivity contribution >= 4 is 23.2 Å². The molecule has 144 valence electrons. The molecule has 1 saturated heterocycles. The zero-order chi connectivity index (χ0) is 19.6. The van der Waals surface area contributed by atoms with Crippen molar-refractivity contribution in [3.8, 4) is 0 Å². The number of nitrogens with zero attached hydrogens (tertiary/aromatic N) is 2. The van der Waals surface area contributed by atoms with Crippen LogP contribution in [0.3, 0.4) is 0 Å². The van der Waals surface area contributed by atoms with Crippen molar-refractivity contribution in [2.75, 3.05) is 25.0 Å². The van der Waals surface area contributed by atoms with Crippen molar-refractivity contribution in [1.82, 2.24) is 15.2 Å². The van der Waals surface area contributed by atoms with Crippen molar-refractivity contribution in [3.63, 3.8) is 0 Å². The number of piperazine rings is 1. The van der Waals surface area contributed by atoms with Crippen LogP contribution < -0.4 is 10.6 Å². The highest BCUT2D eigenvalue weighted by Crippen LogP contribution is 2.27. The molecule has 2 N–H and O–H groups in total. The molecule has 0 spiro atoms. The second kappa shape index (κ2) is 8.38. The van der Waals surface area contributed by atoms with E-state index in [0.29, 0.717) is 16.6 Å². The molecule has 6 heteroatoms. The fourth-order valence-electron chi connectivity index (χ4n) is 3.39. The van der Waals surface area contributed by atoms with Crippen molar-refractivity contribution < 1.29 is 4.79 Å². The van der Waals surface area contributed by atoms with Crippen molar-refractivity contribution in [2.45, 2.75) is 40.3 Å². The molecular formula is C21H27ClN4O. The van der Waals surface area contributed by atoms with E-state index in [1.165, 1.54) is 0 Å². The van der Waals surface area contributed by atoms with Crippen LogP contribution in [0.1, 0.15) is 39.7 Å². The van der Waals surface area contributed by atoms with E-state index in [-0.39, 0.29) is 5.91 Å². The third kappa shape index (κ3) is 4.86. The van der Waals surface area contributed by atoms with Gasteiger partial charge in [-0.3, -0.25) is 14.7 Å². The van der Waals surface area contributed by atoms with E-state index in [2.05, 4.69) is 27.4 Å². The fourth-order valence-corrected chi connectivity index (χ4v) is 3.63. The van der Waals surface area contributed by atoms with Crippen molar-refractivity contribution in [3.05, 3.63) is 57.4 Å². The molecule has 1 atom stereocenters. The lowest BCUT2D eigenvalue weighted by Crippen LogP contribution is -2.48. The van der Waals surface area contributed by atoms with Gasteiger partial charge in [-0.15, -0.1) is 0 Å². The molecule has 1 amide bonds. The van der Waals surface area contributed by atoms with Gasteiger partial charge in [0.2, 0.25) is 0 Å². The SMILES string of the molecule is Cc1cc(C(=O)Nc2cc(Cl)cc(CN3CCN[C@@H](C)C3)c2C)cnc1C. The minimum Gasteiger partial charge on any atom is -0.322 e. The smallest absolute Gasteiger partial charge is 0.257 e. The summed E-state index contributed by atoms with van der Waals surface area (Å²) >= 11 is 6.35. The fraction of sp³-hybridized carbons (Fsp3) is 0.429. The third-order valence-electron chi connectivity index (χ3n) is 5.18. The van der Waals surface area contributed by atoms with E-state index in [0.717, 1.165) is 54.3 Å². The summed E-state index contributed by atoms with van der Waals surface area (Å²) in [7, 11) is 0. The molecule has 27 heavy (non-hydrogen) atoms. The molecule has 3 rings (SSSR count). The molecule has 5 nitrogen and oxygen atoms in total. The lowest BCUT2D eigenvalue weighted by molar-refractivity contribution is 0.102. The van der Waals surface area contributed by atoms with Crippen LogP contribution in [-0.2, 0) is 6.54 Å². The summed E-state index contributed by atoms with van der Waals surface area (Å²) in [6, 6.07) is 6.15. The number of benzene rings is 1. The van der Waals surface area contributed by atoms with Crippen LogP contribution in [0.25, 0.3) is 0 Å². The van der Waals surface area contributed by atoms with Crippen molar-refractivity contribution in [2.24, 2.45) is 0 Å². The number of rotatable bonds is 4. The van der Waals surface area contributed by atoms with Crippen LogP contribution in [0, 0.1) is 20.8 Å². The first kappa shape index (κ1) is 19.8. The molecule has 1 aromatic carbocycles. The van der Waals surface area contributed by atoms with Gasteiger partial charge in [-0.05, 0) is 62.6 Å². The van der Waals surface area contributed by atoms with Crippen LogP contribution in [0.15, 0.2) is 24.4 Å². The van der Waals surface area contributed by atoms with Crippen molar-refractivity contribution in [1.29, 1.82) is 0 Å². The highest BCUT2D eigenvalue weighted by molar-refractivity contribution is 6.31. The monoisotopic (exact) mass is 386 g/mol. The topological polar surface area (TPSA) is 57.3 Å². The maximum Gasteiger partial charge on any atom is 0.257 e. The van der Waals surface area contributed by atoms with E-state index >= 15 is 0 Å². The van der Waals surface area contributed by atoms with E-state index in [1.807, 2.05) is 39.0 Å². The van der Waals surface area contributed by atoms with Gasteiger partial charge < -0.3 is 10.6 Å². The molecule has 0 bridgehead atoms. The summed E-state index contributed by atoms with van der Waals surface area (Å²) in [5, 5.41) is 7.10. The normalized spacial score (nSPS) is 17.7. The largest absolute Gasteiger partial charge is 0.322 e. The Morgan fingerprint density at radius 3 is 2.81 bits per heavy atom. The molecule has 1 aromatic heterocycles. The van der Waals surface area contributed by atoms with Gasteiger partial charge >= 0.3 is 0 Å². The van der Waals surface area contributed by atoms with Crippen LogP contribution in [-0.4, -0.2) is 41.5 Å². The van der Waals surface area contributed by atoms with Gasteiger partial charge in [0.15, 0.2) is 0 Å². The lowest BCUT2D eigenvalue weighted by Gasteiger charge is -2.32. The molecule has 1 fully saturated rings. The van der Waals surface area contributed by atoms with Gasteiger partial charge in [0.25, 0.3) is 5.91 Å². The number of halogens is 1. The summed E-state index contributed by atoms with van der Waals surface area (Å²) in [5.41, 5.74) is 5.43. The van der Waals surface area contributed by atoms with Crippen LogP contribution in [0.4, 0.5) is 5.69 Å². The first-order valence-electron chi connectivity index (χ1n) is 9.33. The van der Waals surface area contributed by atoms with E-state index in [9.17, 15) is 4.79 Å². The second-order valence-corrected chi connectivity index (χ2v) is 7.84. The predicted octanol–water partition coefficient (Wildman–Crippen LogP) is 3.71. The average molecular weight is 387 g/mol. The minimum absolute atomic E-state index is 0.169. The third-order valence-corrected chi connectivity index (χ3v) is 5.40. The number of aryl methyl sites for hydroxylation is 2. The highest BCUT2D eigenvalue weighted by Gasteiger charge is 2.18. The Morgan fingerprint density at radius 1 is 1.33 bits per heavy atom. The first-order valence-corrected chi connectivity index (χ1v) is 9.70. The van der Waals surface area contributed by atoms with E-state index in [1.54, 1.807) is 6.20 Å². The molecule has 2 aromatic rings. The van der Waals surface area contributed by atoms with Gasteiger partial charge in [-0.1, -0.05) is 11.6 Å². The molecular weight excluding hydrogens is 360 g/mol. The lowest BCUT2D eigenvalue weighted by atomic mass is 10.0. The Hall–Kier alpha value is -1.95. The van der Waals surface area contributed by atoms with Crippen LogP contribution in [0.5, 0.6) is 0 Å². The van der Waals surface area contributed by atoms with Crippen LogP contribution >= 0.6 is 11.6 Å². The Kier molecular flexibility index (Phi) is 6.15. The summed E-state index contributed by atoms with van der Waals surface area (Å²) < 4.78 is 0. The summed E-state index contributed by atoms with van der Waals surface area (Å²) in [6.45, 7) is 11.9. The number of hydrogen-bond donors (Lipinski definition) is 2.